The summed E-state index contributed by atoms with van der Waals surface area (Å²) >= 11 is 3.50. The van der Waals surface area contributed by atoms with Crippen LogP contribution in [-0.2, 0) is 5.60 Å². The summed E-state index contributed by atoms with van der Waals surface area (Å²) in [5.41, 5.74) is 1.85. The maximum Gasteiger partial charge on any atom is 0.0960 e. The summed E-state index contributed by atoms with van der Waals surface area (Å²) in [6, 6.07) is 6.24. The fraction of sp³-hybridized carbons (Fsp3) is 0.538. The minimum atomic E-state index is -0.482. The Kier molecular flexibility index (Phi) is 2.02. The fourth-order valence-corrected chi connectivity index (χ4v) is 3.49. The van der Waals surface area contributed by atoms with E-state index in [1.807, 2.05) is 0 Å². The van der Waals surface area contributed by atoms with Gasteiger partial charge in [-0.25, -0.2) is 0 Å². The van der Waals surface area contributed by atoms with Crippen molar-refractivity contribution in [2.75, 3.05) is 0 Å². The lowest BCUT2D eigenvalue weighted by molar-refractivity contribution is 0.105. The van der Waals surface area contributed by atoms with Crippen LogP contribution in [0, 0.1) is 18.8 Å². The Bertz CT molecular complexity index is 403. The summed E-state index contributed by atoms with van der Waals surface area (Å²) in [7, 11) is 0. The lowest BCUT2D eigenvalue weighted by Gasteiger charge is -2.15. The van der Waals surface area contributed by atoms with Gasteiger partial charge in [0.2, 0.25) is 0 Å². The van der Waals surface area contributed by atoms with Gasteiger partial charge in [0, 0.05) is 4.47 Å². The molecule has 3 rings (SSSR count). The molecule has 0 heterocycles. The van der Waals surface area contributed by atoms with E-state index in [-0.39, 0.29) is 0 Å². The summed E-state index contributed by atoms with van der Waals surface area (Å²) in [4.78, 5) is 0. The second-order valence-corrected chi connectivity index (χ2v) is 5.79. The molecular weight excluding hydrogens is 252 g/mol. The Hall–Kier alpha value is -0.340. The Morgan fingerprint density at radius 3 is 2.60 bits per heavy atom. The minimum Gasteiger partial charge on any atom is -0.385 e. The van der Waals surface area contributed by atoms with Gasteiger partial charge < -0.3 is 5.11 Å². The summed E-state index contributed by atoms with van der Waals surface area (Å²) in [6.45, 7) is 2.08. The molecule has 0 radical (unpaired) electrons. The van der Waals surface area contributed by atoms with E-state index in [1.54, 1.807) is 0 Å². The van der Waals surface area contributed by atoms with Crippen molar-refractivity contribution in [2.45, 2.75) is 31.8 Å². The van der Waals surface area contributed by atoms with Crippen LogP contribution in [0.5, 0.6) is 0 Å². The van der Waals surface area contributed by atoms with Gasteiger partial charge in [-0.3, -0.25) is 0 Å². The van der Waals surface area contributed by atoms with Crippen molar-refractivity contribution in [1.29, 1.82) is 0 Å². The summed E-state index contributed by atoms with van der Waals surface area (Å²) in [6.07, 6.45) is 3.71. The molecule has 0 bridgehead atoms. The Labute approximate surface area is 98.6 Å². The molecule has 1 aromatic rings. The van der Waals surface area contributed by atoms with Crippen molar-refractivity contribution in [1.82, 2.24) is 0 Å². The minimum absolute atomic E-state index is 0.482. The van der Waals surface area contributed by atoms with E-state index in [4.69, 9.17) is 0 Å². The smallest absolute Gasteiger partial charge is 0.0960 e. The standard InChI is InChI=1S/C13H15BrO/c1-8-7-9(5-6-12(8)14)13(15)10-3-2-4-11(10)13/h5-7,10-11,15H,2-4H2,1H3. The molecule has 80 valence electrons. The molecule has 0 spiro atoms. The summed E-state index contributed by atoms with van der Waals surface area (Å²) < 4.78 is 1.13. The van der Waals surface area contributed by atoms with Gasteiger partial charge in [-0.1, -0.05) is 34.5 Å². The van der Waals surface area contributed by atoms with Crippen LogP contribution in [0.2, 0.25) is 0 Å². The molecule has 2 fully saturated rings. The molecule has 2 saturated carbocycles. The van der Waals surface area contributed by atoms with Gasteiger partial charge in [-0.05, 0) is 48.8 Å². The first-order valence-electron chi connectivity index (χ1n) is 5.63. The number of fused-ring (bicyclic) bond motifs is 1. The molecule has 1 N–H and O–H groups in total. The summed E-state index contributed by atoms with van der Waals surface area (Å²) in [5.74, 6) is 1.08. The average molecular weight is 267 g/mol. The molecule has 2 heteroatoms. The van der Waals surface area contributed by atoms with Gasteiger partial charge >= 0.3 is 0 Å². The third-order valence-electron chi connectivity index (χ3n) is 4.16. The van der Waals surface area contributed by atoms with E-state index >= 15 is 0 Å². The van der Waals surface area contributed by atoms with E-state index in [9.17, 15) is 5.11 Å². The van der Waals surface area contributed by atoms with Gasteiger partial charge in [0.1, 0.15) is 0 Å². The van der Waals surface area contributed by atoms with Gasteiger partial charge in [0.15, 0.2) is 0 Å². The highest BCUT2D eigenvalue weighted by Crippen LogP contribution is 2.66. The molecule has 2 aliphatic rings. The Balaban J connectivity index is 1.97. The zero-order valence-electron chi connectivity index (χ0n) is 8.83. The number of benzene rings is 1. The van der Waals surface area contributed by atoms with Crippen LogP contribution in [0.25, 0.3) is 0 Å². The maximum absolute atomic E-state index is 10.6. The van der Waals surface area contributed by atoms with Crippen LogP contribution in [0.3, 0.4) is 0 Å². The number of halogens is 1. The van der Waals surface area contributed by atoms with E-state index in [2.05, 4.69) is 41.1 Å². The SMILES string of the molecule is Cc1cc(C2(O)C3CCCC32)ccc1Br. The van der Waals surface area contributed by atoms with Crippen molar-refractivity contribution >= 4 is 15.9 Å². The zero-order chi connectivity index (χ0) is 10.6. The van der Waals surface area contributed by atoms with Crippen LogP contribution in [0.1, 0.15) is 30.4 Å². The number of aryl methyl sites for hydroxylation is 1. The lowest BCUT2D eigenvalue weighted by atomic mass is 9.98. The van der Waals surface area contributed by atoms with Gasteiger partial charge in [0.25, 0.3) is 0 Å². The Morgan fingerprint density at radius 1 is 1.33 bits per heavy atom. The molecule has 2 aliphatic carbocycles. The van der Waals surface area contributed by atoms with Crippen molar-refractivity contribution in [3.8, 4) is 0 Å². The molecular formula is C13H15BrO. The first-order valence-corrected chi connectivity index (χ1v) is 6.42. The largest absolute Gasteiger partial charge is 0.385 e. The van der Waals surface area contributed by atoms with Crippen LogP contribution in [0.15, 0.2) is 22.7 Å². The normalized spacial score (nSPS) is 37.8. The molecule has 2 atom stereocenters. The molecule has 0 aromatic heterocycles. The van der Waals surface area contributed by atoms with Crippen molar-refractivity contribution < 1.29 is 5.11 Å². The second kappa shape index (κ2) is 3.08. The molecule has 0 amide bonds. The van der Waals surface area contributed by atoms with Crippen LogP contribution >= 0.6 is 15.9 Å². The Morgan fingerprint density at radius 2 is 2.00 bits per heavy atom. The van der Waals surface area contributed by atoms with Crippen LogP contribution in [-0.4, -0.2) is 5.11 Å². The van der Waals surface area contributed by atoms with E-state index in [0.29, 0.717) is 11.8 Å². The number of rotatable bonds is 1. The predicted molar refractivity (Wildman–Crippen MR) is 63.6 cm³/mol. The third kappa shape index (κ3) is 1.24. The van der Waals surface area contributed by atoms with E-state index < -0.39 is 5.60 Å². The second-order valence-electron chi connectivity index (χ2n) is 4.93. The molecule has 0 saturated heterocycles. The zero-order valence-corrected chi connectivity index (χ0v) is 10.4. The van der Waals surface area contributed by atoms with Crippen molar-refractivity contribution in [3.63, 3.8) is 0 Å². The number of aliphatic hydroxyl groups is 1. The van der Waals surface area contributed by atoms with Gasteiger partial charge in [-0.15, -0.1) is 0 Å². The first-order chi connectivity index (χ1) is 7.14. The fourth-order valence-electron chi connectivity index (χ4n) is 3.24. The van der Waals surface area contributed by atoms with Crippen molar-refractivity contribution in [2.24, 2.45) is 11.8 Å². The molecule has 1 nitrogen and oxygen atoms in total. The maximum atomic E-state index is 10.6. The quantitative estimate of drug-likeness (QED) is 0.827. The predicted octanol–water partition coefficient (Wildman–Crippen LogP) is 3.38. The molecule has 15 heavy (non-hydrogen) atoms. The monoisotopic (exact) mass is 266 g/mol. The molecule has 2 unspecified atom stereocenters. The van der Waals surface area contributed by atoms with E-state index in [0.717, 1.165) is 10.0 Å². The number of hydrogen-bond donors (Lipinski definition) is 1. The highest BCUT2D eigenvalue weighted by molar-refractivity contribution is 9.10. The van der Waals surface area contributed by atoms with E-state index in [1.165, 1.54) is 24.8 Å². The highest BCUT2D eigenvalue weighted by Gasteiger charge is 2.66. The average Bonchev–Trinajstić information content (AvgIpc) is 2.66. The first kappa shape index (κ1) is 9.86. The van der Waals surface area contributed by atoms with Crippen LogP contribution < -0.4 is 0 Å². The third-order valence-corrected chi connectivity index (χ3v) is 5.05. The van der Waals surface area contributed by atoms with Gasteiger partial charge in [-0.2, -0.15) is 0 Å². The lowest BCUT2D eigenvalue weighted by Crippen LogP contribution is -2.13. The topological polar surface area (TPSA) is 20.2 Å². The van der Waals surface area contributed by atoms with Gasteiger partial charge in [0.05, 0.1) is 5.60 Å². The summed E-state index contributed by atoms with van der Waals surface area (Å²) in [5, 5.41) is 10.6. The number of hydrogen-bond acceptors (Lipinski definition) is 1. The van der Waals surface area contributed by atoms with Crippen LogP contribution in [0.4, 0.5) is 0 Å². The molecule has 1 aromatic carbocycles. The van der Waals surface area contributed by atoms with Crippen molar-refractivity contribution in [3.05, 3.63) is 33.8 Å². The highest BCUT2D eigenvalue weighted by atomic mass is 79.9. The molecule has 0 aliphatic heterocycles.